The highest BCUT2D eigenvalue weighted by atomic mass is 16.1. The van der Waals surface area contributed by atoms with E-state index in [1.54, 1.807) is 0 Å². The predicted molar refractivity (Wildman–Crippen MR) is 86.7 cm³/mol. The van der Waals surface area contributed by atoms with Crippen LogP contribution in [0.3, 0.4) is 0 Å². The number of imidazole rings is 2. The average molecular weight is 309 g/mol. The van der Waals surface area contributed by atoms with Gasteiger partial charge in [0, 0.05) is 30.8 Å². The SMILES string of the molecule is Cc1ncc2n1CCC(C(=O)NCc1nc3ccccc3[nH]1)C2. The van der Waals surface area contributed by atoms with Gasteiger partial charge in [0.15, 0.2) is 0 Å². The number of para-hydroxylation sites is 2. The molecule has 1 aliphatic rings. The zero-order valence-corrected chi connectivity index (χ0v) is 13.0. The van der Waals surface area contributed by atoms with Crippen molar-refractivity contribution in [3.8, 4) is 0 Å². The number of rotatable bonds is 3. The quantitative estimate of drug-likeness (QED) is 0.776. The largest absolute Gasteiger partial charge is 0.349 e. The van der Waals surface area contributed by atoms with Crippen molar-refractivity contribution in [1.82, 2.24) is 24.8 Å². The van der Waals surface area contributed by atoms with E-state index in [0.717, 1.165) is 47.8 Å². The first-order valence-corrected chi connectivity index (χ1v) is 7.93. The summed E-state index contributed by atoms with van der Waals surface area (Å²) in [6.07, 6.45) is 3.50. The van der Waals surface area contributed by atoms with Crippen LogP contribution in [0.1, 0.15) is 23.8 Å². The first kappa shape index (κ1) is 14.0. The third kappa shape index (κ3) is 2.60. The summed E-state index contributed by atoms with van der Waals surface area (Å²) in [4.78, 5) is 24.5. The summed E-state index contributed by atoms with van der Waals surface area (Å²) in [5, 5.41) is 3.00. The molecule has 4 rings (SSSR count). The van der Waals surface area contributed by atoms with Crippen LogP contribution in [-0.2, 0) is 24.3 Å². The van der Waals surface area contributed by atoms with Crippen LogP contribution >= 0.6 is 0 Å². The molecule has 0 bridgehead atoms. The number of hydrogen-bond acceptors (Lipinski definition) is 3. The molecule has 0 spiro atoms. The lowest BCUT2D eigenvalue weighted by atomic mass is 9.95. The zero-order valence-electron chi connectivity index (χ0n) is 13.0. The van der Waals surface area contributed by atoms with Crippen molar-refractivity contribution in [3.63, 3.8) is 0 Å². The number of aromatic nitrogens is 4. The molecule has 6 heteroatoms. The van der Waals surface area contributed by atoms with E-state index in [1.165, 1.54) is 0 Å². The third-order valence-corrected chi connectivity index (χ3v) is 4.53. The second-order valence-electron chi connectivity index (χ2n) is 6.06. The van der Waals surface area contributed by atoms with Gasteiger partial charge in [0.1, 0.15) is 11.6 Å². The molecule has 6 nitrogen and oxygen atoms in total. The van der Waals surface area contributed by atoms with Gasteiger partial charge in [-0.1, -0.05) is 12.1 Å². The Balaban J connectivity index is 1.40. The van der Waals surface area contributed by atoms with Crippen molar-refractivity contribution in [2.45, 2.75) is 32.9 Å². The van der Waals surface area contributed by atoms with Crippen LogP contribution in [0.5, 0.6) is 0 Å². The summed E-state index contributed by atoms with van der Waals surface area (Å²) in [5.41, 5.74) is 3.07. The summed E-state index contributed by atoms with van der Waals surface area (Å²) in [7, 11) is 0. The summed E-state index contributed by atoms with van der Waals surface area (Å²) < 4.78 is 2.20. The lowest BCUT2D eigenvalue weighted by molar-refractivity contribution is -0.125. The van der Waals surface area contributed by atoms with Crippen LogP contribution in [0.2, 0.25) is 0 Å². The van der Waals surface area contributed by atoms with Crippen LogP contribution in [0.25, 0.3) is 11.0 Å². The highest BCUT2D eigenvalue weighted by Crippen LogP contribution is 2.22. The van der Waals surface area contributed by atoms with Gasteiger partial charge in [-0.3, -0.25) is 4.79 Å². The van der Waals surface area contributed by atoms with E-state index in [2.05, 4.69) is 24.8 Å². The number of hydrogen-bond donors (Lipinski definition) is 2. The van der Waals surface area contributed by atoms with Crippen molar-refractivity contribution in [2.24, 2.45) is 5.92 Å². The minimum atomic E-state index is 0.0166. The van der Waals surface area contributed by atoms with E-state index in [0.29, 0.717) is 6.54 Å². The molecule has 1 aliphatic heterocycles. The van der Waals surface area contributed by atoms with Crippen LogP contribution in [0.15, 0.2) is 30.5 Å². The molecule has 0 fully saturated rings. The van der Waals surface area contributed by atoms with E-state index in [1.807, 2.05) is 37.4 Å². The number of aromatic amines is 1. The first-order chi connectivity index (χ1) is 11.2. The second-order valence-corrected chi connectivity index (χ2v) is 6.06. The third-order valence-electron chi connectivity index (χ3n) is 4.53. The standard InChI is InChI=1S/C17H19N5O/c1-11-18-9-13-8-12(6-7-22(11)13)17(23)19-10-16-20-14-4-2-3-5-15(14)21-16/h2-5,9,12H,6-8,10H2,1H3,(H,19,23)(H,20,21). The Hall–Kier alpha value is -2.63. The Labute approximate surface area is 133 Å². The molecule has 2 aromatic heterocycles. The topological polar surface area (TPSA) is 75.6 Å². The molecule has 1 atom stereocenters. The molecule has 0 radical (unpaired) electrons. The van der Waals surface area contributed by atoms with Crippen molar-refractivity contribution in [3.05, 3.63) is 47.8 Å². The van der Waals surface area contributed by atoms with Gasteiger partial charge in [-0.05, 0) is 25.5 Å². The molecule has 0 saturated carbocycles. The first-order valence-electron chi connectivity index (χ1n) is 7.93. The van der Waals surface area contributed by atoms with Gasteiger partial charge in [0.2, 0.25) is 5.91 Å². The number of benzene rings is 1. The summed E-state index contributed by atoms with van der Waals surface area (Å²) in [6, 6.07) is 7.87. The molecular weight excluding hydrogens is 290 g/mol. The number of H-pyrrole nitrogens is 1. The van der Waals surface area contributed by atoms with E-state index in [9.17, 15) is 4.79 Å². The molecule has 1 amide bonds. The van der Waals surface area contributed by atoms with E-state index in [-0.39, 0.29) is 11.8 Å². The number of carbonyl (C=O) groups is 1. The molecular formula is C17H19N5O. The Bertz CT molecular complexity index is 830. The minimum Gasteiger partial charge on any atom is -0.349 e. The second kappa shape index (κ2) is 5.53. The summed E-state index contributed by atoms with van der Waals surface area (Å²) >= 11 is 0. The Kier molecular flexibility index (Phi) is 3.37. The maximum Gasteiger partial charge on any atom is 0.223 e. The van der Waals surface area contributed by atoms with Gasteiger partial charge >= 0.3 is 0 Å². The van der Waals surface area contributed by atoms with Gasteiger partial charge in [-0.15, -0.1) is 0 Å². The van der Waals surface area contributed by atoms with Crippen LogP contribution in [-0.4, -0.2) is 25.4 Å². The Morgan fingerprint density at radius 3 is 3.17 bits per heavy atom. The number of carbonyl (C=O) groups excluding carboxylic acids is 1. The van der Waals surface area contributed by atoms with Gasteiger partial charge in [-0.2, -0.15) is 0 Å². The molecule has 0 saturated heterocycles. The molecule has 0 aliphatic carbocycles. The van der Waals surface area contributed by atoms with Crippen molar-refractivity contribution >= 4 is 16.9 Å². The zero-order chi connectivity index (χ0) is 15.8. The molecule has 23 heavy (non-hydrogen) atoms. The maximum atomic E-state index is 12.4. The average Bonchev–Trinajstić information content (AvgIpc) is 3.15. The number of fused-ring (bicyclic) bond motifs is 2. The van der Waals surface area contributed by atoms with E-state index in [4.69, 9.17) is 0 Å². The Morgan fingerprint density at radius 1 is 1.43 bits per heavy atom. The monoisotopic (exact) mass is 309 g/mol. The van der Waals surface area contributed by atoms with Crippen LogP contribution < -0.4 is 5.32 Å². The fraction of sp³-hybridized carbons (Fsp3) is 0.353. The predicted octanol–water partition coefficient (Wildman–Crippen LogP) is 1.95. The minimum absolute atomic E-state index is 0.0166. The fourth-order valence-corrected chi connectivity index (χ4v) is 3.25. The molecule has 1 aromatic carbocycles. The Morgan fingerprint density at radius 2 is 2.30 bits per heavy atom. The smallest absolute Gasteiger partial charge is 0.223 e. The molecule has 118 valence electrons. The maximum absolute atomic E-state index is 12.4. The van der Waals surface area contributed by atoms with Gasteiger partial charge in [-0.25, -0.2) is 9.97 Å². The number of amides is 1. The lowest BCUT2D eigenvalue weighted by Crippen LogP contribution is -2.35. The van der Waals surface area contributed by atoms with Crippen molar-refractivity contribution in [1.29, 1.82) is 0 Å². The highest BCUT2D eigenvalue weighted by Gasteiger charge is 2.25. The number of nitrogens with one attached hydrogen (secondary N) is 2. The van der Waals surface area contributed by atoms with E-state index >= 15 is 0 Å². The fourth-order valence-electron chi connectivity index (χ4n) is 3.25. The van der Waals surface area contributed by atoms with E-state index < -0.39 is 0 Å². The van der Waals surface area contributed by atoms with Gasteiger partial charge in [0.25, 0.3) is 0 Å². The lowest BCUT2D eigenvalue weighted by Gasteiger charge is -2.23. The number of aryl methyl sites for hydroxylation is 1. The molecule has 1 unspecified atom stereocenters. The highest BCUT2D eigenvalue weighted by molar-refractivity contribution is 5.79. The van der Waals surface area contributed by atoms with Crippen LogP contribution in [0.4, 0.5) is 0 Å². The molecule has 3 aromatic rings. The number of nitrogens with zero attached hydrogens (tertiary/aromatic N) is 3. The van der Waals surface area contributed by atoms with Crippen molar-refractivity contribution in [2.75, 3.05) is 0 Å². The molecule has 2 N–H and O–H groups in total. The van der Waals surface area contributed by atoms with Gasteiger partial charge in [0.05, 0.1) is 17.6 Å². The summed E-state index contributed by atoms with van der Waals surface area (Å²) in [6.45, 7) is 3.30. The molecule has 3 heterocycles. The van der Waals surface area contributed by atoms with Crippen molar-refractivity contribution < 1.29 is 4.79 Å². The summed E-state index contributed by atoms with van der Waals surface area (Å²) in [5.74, 6) is 1.93. The normalized spacial score (nSPS) is 17.2. The van der Waals surface area contributed by atoms with Gasteiger partial charge < -0.3 is 14.9 Å². The van der Waals surface area contributed by atoms with Crippen LogP contribution in [0, 0.1) is 12.8 Å².